The summed E-state index contributed by atoms with van der Waals surface area (Å²) in [5, 5.41) is 13.4. The highest BCUT2D eigenvalue weighted by Crippen LogP contribution is 2.12. The molecule has 0 heterocycles. The van der Waals surface area contributed by atoms with E-state index in [-0.39, 0.29) is 24.3 Å². The highest BCUT2D eigenvalue weighted by Gasteiger charge is 2.07. The zero-order valence-corrected chi connectivity index (χ0v) is 10.4. The number of rotatable bonds is 6. The molecule has 1 aromatic carbocycles. The highest BCUT2D eigenvalue weighted by molar-refractivity contribution is 5.71. The van der Waals surface area contributed by atoms with Crippen LogP contribution in [0.3, 0.4) is 0 Å². The fourth-order valence-corrected chi connectivity index (χ4v) is 1.39. The third-order valence-corrected chi connectivity index (χ3v) is 2.09. The molecule has 6 nitrogen and oxygen atoms in total. The lowest BCUT2D eigenvalue weighted by molar-refractivity contribution is -0.384. The van der Waals surface area contributed by atoms with Gasteiger partial charge in [0.2, 0.25) is 0 Å². The topological polar surface area (TPSA) is 81.5 Å². The molecule has 0 aliphatic heterocycles. The van der Waals surface area contributed by atoms with Crippen molar-refractivity contribution in [2.24, 2.45) is 0 Å². The van der Waals surface area contributed by atoms with Gasteiger partial charge in [0.25, 0.3) is 5.69 Å². The summed E-state index contributed by atoms with van der Waals surface area (Å²) in [4.78, 5) is 21.3. The van der Waals surface area contributed by atoms with Crippen LogP contribution in [0.5, 0.6) is 0 Å². The van der Waals surface area contributed by atoms with Crippen LogP contribution in [-0.4, -0.2) is 23.5 Å². The number of nitrogens with zero attached hydrogens (tertiary/aromatic N) is 1. The number of non-ortho nitro benzene ring substituents is 1. The van der Waals surface area contributed by atoms with Crippen LogP contribution in [0.25, 0.3) is 0 Å². The number of carbonyl (C=O) groups excluding carboxylic acids is 1. The van der Waals surface area contributed by atoms with Crippen LogP contribution in [-0.2, 0) is 16.1 Å². The van der Waals surface area contributed by atoms with Crippen molar-refractivity contribution in [3.05, 3.63) is 39.9 Å². The minimum Gasteiger partial charge on any atom is -0.462 e. The van der Waals surface area contributed by atoms with Crippen LogP contribution in [0, 0.1) is 10.1 Å². The summed E-state index contributed by atoms with van der Waals surface area (Å²) < 4.78 is 4.94. The molecule has 1 N–H and O–H groups in total. The molecule has 0 spiro atoms. The van der Waals surface area contributed by atoms with Gasteiger partial charge in [-0.3, -0.25) is 14.9 Å². The highest BCUT2D eigenvalue weighted by atomic mass is 16.6. The van der Waals surface area contributed by atoms with Gasteiger partial charge in [-0.2, -0.15) is 0 Å². The summed E-state index contributed by atoms with van der Waals surface area (Å²) in [5.74, 6) is -0.338. The lowest BCUT2D eigenvalue weighted by atomic mass is 10.2. The first-order valence-corrected chi connectivity index (χ1v) is 5.62. The molecule has 0 saturated heterocycles. The molecular weight excluding hydrogens is 236 g/mol. The summed E-state index contributed by atoms with van der Waals surface area (Å²) in [6, 6.07) is 6.27. The number of esters is 1. The summed E-state index contributed by atoms with van der Waals surface area (Å²) >= 11 is 0. The number of hydrogen-bond acceptors (Lipinski definition) is 5. The fourth-order valence-electron chi connectivity index (χ4n) is 1.39. The smallest absolute Gasteiger partial charge is 0.320 e. The molecule has 0 atom stereocenters. The van der Waals surface area contributed by atoms with Gasteiger partial charge in [-0.15, -0.1) is 0 Å². The van der Waals surface area contributed by atoms with Crippen LogP contribution < -0.4 is 5.32 Å². The Bertz CT molecular complexity index is 432. The molecule has 1 aromatic rings. The summed E-state index contributed by atoms with van der Waals surface area (Å²) in [6.07, 6.45) is -0.142. The predicted molar refractivity (Wildman–Crippen MR) is 66.0 cm³/mol. The van der Waals surface area contributed by atoms with Crippen molar-refractivity contribution in [3.63, 3.8) is 0 Å². The number of nitro benzene ring substituents is 1. The van der Waals surface area contributed by atoms with E-state index in [0.29, 0.717) is 6.54 Å². The zero-order valence-electron chi connectivity index (χ0n) is 10.4. The van der Waals surface area contributed by atoms with Crippen molar-refractivity contribution in [1.29, 1.82) is 0 Å². The summed E-state index contributed by atoms with van der Waals surface area (Å²) in [7, 11) is 0. The summed E-state index contributed by atoms with van der Waals surface area (Å²) in [6.45, 7) is 4.02. The Hall–Kier alpha value is -1.95. The molecule has 98 valence electrons. The molecule has 0 unspecified atom stereocenters. The van der Waals surface area contributed by atoms with Gasteiger partial charge in [0.05, 0.1) is 17.6 Å². The molecule has 0 aliphatic rings. The van der Waals surface area contributed by atoms with E-state index in [4.69, 9.17) is 4.74 Å². The third-order valence-electron chi connectivity index (χ3n) is 2.09. The first kappa shape index (κ1) is 14.1. The fraction of sp³-hybridized carbons (Fsp3) is 0.417. The van der Waals surface area contributed by atoms with E-state index in [1.807, 2.05) is 0 Å². The maximum absolute atomic E-state index is 11.2. The van der Waals surface area contributed by atoms with E-state index < -0.39 is 4.92 Å². The Morgan fingerprint density at radius 3 is 2.83 bits per heavy atom. The van der Waals surface area contributed by atoms with Crippen molar-refractivity contribution in [2.75, 3.05) is 6.54 Å². The Kier molecular flexibility index (Phi) is 5.26. The number of hydrogen-bond donors (Lipinski definition) is 1. The lowest BCUT2D eigenvalue weighted by Crippen LogP contribution is -2.26. The molecule has 0 bridgehead atoms. The van der Waals surface area contributed by atoms with Crippen molar-refractivity contribution in [2.45, 2.75) is 26.5 Å². The SMILES string of the molecule is CC(C)OC(=O)CNCc1cccc([N+](=O)[O-])c1. The third kappa shape index (κ3) is 4.92. The van der Waals surface area contributed by atoms with Crippen molar-refractivity contribution < 1.29 is 14.5 Å². The second-order valence-corrected chi connectivity index (χ2v) is 4.07. The van der Waals surface area contributed by atoms with Gasteiger partial charge >= 0.3 is 5.97 Å². The Morgan fingerprint density at radius 1 is 1.50 bits per heavy atom. The molecule has 0 saturated carbocycles. The molecule has 0 amide bonds. The molecule has 0 aliphatic carbocycles. The van der Waals surface area contributed by atoms with E-state index in [1.54, 1.807) is 26.0 Å². The largest absolute Gasteiger partial charge is 0.462 e. The van der Waals surface area contributed by atoms with E-state index in [9.17, 15) is 14.9 Å². The van der Waals surface area contributed by atoms with Crippen molar-refractivity contribution in [3.8, 4) is 0 Å². The normalized spacial score (nSPS) is 10.4. The van der Waals surface area contributed by atoms with Crippen LogP contribution in [0.1, 0.15) is 19.4 Å². The Labute approximate surface area is 105 Å². The predicted octanol–water partition coefficient (Wildman–Crippen LogP) is 1.64. The second-order valence-electron chi connectivity index (χ2n) is 4.07. The lowest BCUT2D eigenvalue weighted by Gasteiger charge is -2.08. The van der Waals surface area contributed by atoms with Gasteiger partial charge in [-0.25, -0.2) is 0 Å². The molecule has 18 heavy (non-hydrogen) atoms. The molecular formula is C12H16N2O4. The molecule has 0 radical (unpaired) electrons. The van der Waals surface area contributed by atoms with Gasteiger partial charge < -0.3 is 10.1 Å². The van der Waals surface area contributed by atoms with E-state index >= 15 is 0 Å². The maximum atomic E-state index is 11.2. The van der Waals surface area contributed by atoms with Gasteiger partial charge in [-0.05, 0) is 19.4 Å². The van der Waals surface area contributed by atoms with Gasteiger partial charge in [0.15, 0.2) is 0 Å². The average molecular weight is 252 g/mol. The first-order chi connectivity index (χ1) is 8.49. The average Bonchev–Trinajstić information content (AvgIpc) is 2.28. The number of nitro groups is 1. The van der Waals surface area contributed by atoms with Crippen LogP contribution in [0.2, 0.25) is 0 Å². The number of benzene rings is 1. The van der Waals surface area contributed by atoms with Crippen LogP contribution in [0.15, 0.2) is 24.3 Å². The molecule has 6 heteroatoms. The maximum Gasteiger partial charge on any atom is 0.320 e. The molecule has 0 fully saturated rings. The number of nitrogens with one attached hydrogen (secondary N) is 1. The van der Waals surface area contributed by atoms with Gasteiger partial charge in [0, 0.05) is 18.7 Å². The number of ether oxygens (including phenoxy) is 1. The van der Waals surface area contributed by atoms with E-state index in [2.05, 4.69) is 5.32 Å². The van der Waals surface area contributed by atoms with Gasteiger partial charge in [0.1, 0.15) is 0 Å². The van der Waals surface area contributed by atoms with Crippen molar-refractivity contribution in [1.82, 2.24) is 5.32 Å². The van der Waals surface area contributed by atoms with E-state index in [0.717, 1.165) is 5.56 Å². The molecule has 0 aromatic heterocycles. The van der Waals surface area contributed by atoms with Gasteiger partial charge in [-0.1, -0.05) is 12.1 Å². The first-order valence-electron chi connectivity index (χ1n) is 5.62. The summed E-state index contributed by atoms with van der Waals surface area (Å²) in [5.41, 5.74) is 0.792. The second kappa shape index (κ2) is 6.70. The minimum atomic E-state index is -0.448. The van der Waals surface area contributed by atoms with Crippen molar-refractivity contribution >= 4 is 11.7 Å². The standard InChI is InChI=1S/C12H16N2O4/c1-9(2)18-12(15)8-13-7-10-4-3-5-11(6-10)14(16)17/h3-6,9,13H,7-8H2,1-2H3. The van der Waals surface area contributed by atoms with E-state index in [1.165, 1.54) is 12.1 Å². The van der Waals surface area contributed by atoms with Crippen LogP contribution in [0.4, 0.5) is 5.69 Å². The Morgan fingerprint density at radius 2 is 2.22 bits per heavy atom. The number of carbonyl (C=O) groups is 1. The minimum absolute atomic E-state index is 0.0408. The monoisotopic (exact) mass is 252 g/mol. The van der Waals surface area contributed by atoms with Crippen LogP contribution >= 0.6 is 0 Å². The molecule has 1 rings (SSSR count). The Balaban J connectivity index is 2.42. The zero-order chi connectivity index (χ0) is 13.5. The quantitative estimate of drug-likeness (QED) is 0.473.